The van der Waals surface area contributed by atoms with Crippen LogP contribution in [0.25, 0.3) is 0 Å². The molecule has 0 bridgehead atoms. The minimum atomic E-state index is -0.301. The van der Waals surface area contributed by atoms with Gasteiger partial charge < -0.3 is 19.5 Å². The molecule has 0 atom stereocenters. The van der Waals surface area contributed by atoms with E-state index >= 15 is 0 Å². The third-order valence-electron chi connectivity index (χ3n) is 3.28. The molecule has 1 aliphatic heterocycles. The molecule has 0 fully saturated rings. The lowest BCUT2D eigenvalue weighted by molar-refractivity contribution is -0.118. The number of anilines is 1. The van der Waals surface area contributed by atoms with Gasteiger partial charge in [0, 0.05) is 22.1 Å². The van der Waals surface area contributed by atoms with Gasteiger partial charge in [-0.1, -0.05) is 17.7 Å². The lowest BCUT2D eigenvalue weighted by atomic mass is 10.2. The fourth-order valence-electron chi connectivity index (χ4n) is 2.17. The van der Waals surface area contributed by atoms with Crippen LogP contribution in [-0.4, -0.2) is 25.7 Å². The van der Waals surface area contributed by atoms with E-state index in [1.54, 1.807) is 18.2 Å². The number of hydrogen-bond donors (Lipinski definition) is 1. The first-order valence-electron chi connectivity index (χ1n) is 7.39. The van der Waals surface area contributed by atoms with E-state index in [1.165, 1.54) is 0 Å². The molecule has 7 heteroatoms. The summed E-state index contributed by atoms with van der Waals surface area (Å²) in [5, 5.41) is 3.12. The van der Waals surface area contributed by atoms with Gasteiger partial charge in [-0.25, -0.2) is 0 Å². The number of halogens is 2. The van der Waals surface area contributed by atoms with Crippen LogP contribution in [0.2, 0.25) is 5.02 Å². The normalized spacial score (nSPS) is 13.1. The summed E-state index contributed by atoms with van der Waals surface area (Å²) in [6, 6.07) is 10.8. The number of carbonyl (C=O) groups is 1. The van der Waals surface area contributed by atoms with Gasteiger partial charge in [0.25, 0.3) is 5.91 Å². The van der Waals surface area contributed by atoms with E-state index in [1.807, 2.05) is 18.2 Å². The molecule has 3 rings (SSSR count). The topological polar surface area (TPSA) is 56.8 Å². The zero-order valence-electron chi connectivity index (χ0n) is 12.7. The summed E-state index contributed by atoms with van der Waals surface area (Å²) in [6.45, 7) is 1.04. The fraction of sp³-hybridized carbons (Fsp3) is 0.235. The number of hydrogen-bond acceptors (Lipinski definition) is 4. The van der Waals surface area contributed by atoms with E-state index in [9.17, 15) is 4.79 Å². The monoisotopic (exact) mass is 459 g/mol. The quantitative estimate of drug-likeness (QED) is 0.699. The molecule has 1 aliphatic rings. The molecule has 1 N–H and O–H groups in total. The number of carbonyl (C=O) groups excluding carboxylic acids is 1. The Kier molecular flexibility index (Phi) is 5.68. The van der Waals surface area contributed by atoms with Gasteiger partial charge in [-0.3, -0.25) is 4.79 Å². The van der Waals surface area contributed by atoms with Gasteiger partial charge in [-0.2, -0.15) is 0 Å². The van der Waals surface area contributed by atoms with E-state index in [-0.39, 0.29) is 12.5 Å². The molecule has 126 valence electrons. The van der Waals surface area contributed by atoms with E-state index in [0.717, 1.165) is 9.99 Å². The highest BCUT2D eigenvalue weighted by atomic mass is 127. The summed E-state index contributed by atoms with van der Waals surface area (Å²) in [7, 11) is 0. The second-order valence-electron chi connectivity index (χ2n) is 5.12. The number of rotatable bonds is 4. The van der Waals surface area contributed by atoms with Crippen LogP contribution >= 0.6 is 34.2 Å². The molecular weight excluding hydrogens is 445 g/mol. The zero-order chi connectivity index (χ0) is 16.9. The molecule has 1 heterocycles. The van der Waals surface area contributed by atoms with Crippen LogP contribution in [0.4, 0.5) is 5.69 Å². The van der Waals surface area contributed by atoms with E-state index < -0.39 is 0 Å². The molecule has 0 radical (unpaired) electrons. The smallest absolute Gasteiger partial charge is 0.262 e. The summed E-state index contributed by atoms with van der Waals surface area (Å²) in [5.41, 5.74) is 0.470. The van der Waals surface area contributed by atoms with Crippen molar-refractivity contribution >= 4 is 45.8 Å². The lowest BCUT2D eigenvalue weighted by Crippen LogP contribution is -2.20. The molecule has 0 spiro atoms. The number of nitrogens with one attached hydrogen (secondary N) is 1. The van der Waals surface area contributed by atoms with Gasteiger partial charge in [0.2, 0.25) is 0 Å². The van der Waals surface area contributed by atoms with Gasteiger partial charge in [0.1, 0.15) is 5.75 Å². The number of amides is 1. The molecule has 24 heavy (non-hydrogen) atoms. The van der Waals surface area contributed by atoms with Crippen LogP contribution in [0, 0.1) is 3.57 Å². The van der Waals surface area contributed by atoms with Crippen molar-refractivity contribution < 1.29 is 19.0 Å². The van der Waals surface area contributed by atoms with Crippen molar-refractivity contribution in [3.63, 3.8) is 0 Å². The van der Waals surface area contributed by atoms with Gasteiger partial charge in [0.05, 0.1) is 23.9 Å². The van der Waals surface area contributed by atoms with Crippen molar-refractivity contribution in [2.24, 2.45) is 0 Å². The first kappa shape index (κ1) is 17.2. The molecule has 5 nitrogen and oxygen atoms in total. The van der Waals surface area contributed by atoms with Crippen LogP contribution in [0.5, 0.6) is 17.2 Å². The van der Waals surface area contributed by atoms with Crippen LogP contribution < -0.4 is 19.5 Å². The maximum atomic E-state index is 12.1. The van der Waals surface area contributed by atoms with Gasteiger partial charge in [-0.15, -0.1) is 0 Å². The lowest BCUT2D eigenvalue weighted by Gasteiger charge is -2.13. The Balaban J connectivity index is 1.64. The molecule has 0 unspecified atom stereocenters. The molecule has 2 aromatic carbocycles. The summed E-state index contributed by atoms with van der Waals surface area (Å²) in [6.07, 6.45) is 0.803. The minimum absolute atomic E-state index is 0.106. The van der Waals surface area contributed by atoms with Crippen molar-refractivity contribution in [2.75, 3.05) is 25.1 Å². The SMILES string of the molecule is O=C(COc1cccc(I)c1)Nc1cc2c(cc1Cl)OCCCO2. The maximum Gasteiger partial charge on any atom is 0.262 e. The molecule has 0 saturated heterocycles. The molecule has 1 amide bonds. The van der Waals surface area contributed by atoms with Gasteiger partial charge in [-0.05, 0) is 40.8 Å². The third kappa shape index (κ3) is 4.45. The zero-order valence-corrected chi connectivity index (χ0v) is 15.6. The van der Waals surface area contributed by atoms with Crippen molar-refractivity contribution in [3.8, 4) is 17.2 Å². The average molecular weight is 460 g/mol. The number of fused-ring (bicyclic) bond motifs is 1. The van der Waals surface area contributed by atoms with Crippen molar-refractivity contribution in [2.45, 2.75) is 6.42 Å². The highest BCUT2D eigenvalue weighted by molar-refractivity contribution is 14.1. The highest BCUT2D eigenvalue weighted by Crippen LogP contribution is 2.37. The first-order valence-corrected chi connectivity index (χ1v) is 8.85. The highest BCUT2D eigenvalue weighted by Gasteiger charge is 2.15. The van der Waals surface area contributed by atoms with Crippen molar-refractivity contribution in [1.82, 2.24) is 0 Å². The van der Waals surface area contributed by atoms with Crippen LogP contribution in [0.1, 0.15) is 6.42 Å². The molecule has 0 aliphatic carbocycles. The largest absolute Gasteiger partial charge is 0.490 e. The second kappa shape index (κ2) is 7.94. The van der Waals surface area contributed by atoms with Crippen molar-refractivity contribution in [3.05, 3.63) is 45.0 Å². The maximum absolute atomic E-state index is 12.1. The summed E-state index contributed by atoms with van der Waals surface area (Å²) >= 11 is 8.39. The Morgan fingerprint density at radius 3 is 2.71 bits per heavy atom. The number of ether oxygens (including phenoxy) is 3. The predicted molar refractivity (Wildman–Crippen MR) is 100 cm³/mol. The summed E-state index contributed by atoms with van der Waals surface area (Å²) in [5.74, 6) is 1.50. The Morgan fingerprint density at radius 2 is 1.96 bits per heavy atom. The Bertz CT molecular complexity index is 753. The molecule has 0 saturated carbocycles. The Hall–Kier alpha value is -1.67. The summed E-state index contributed by atoms with van der Waals surface area (Å²) < 4.78 is 17.7. The van der Waals surface area contributed by atoms with Crippen LogP contribution in [0.3, 0.4) is 0 Å². The standard InChI is InChI=1S/C17H15ClINO4/c18-13-8-15-16(23-6-2-5-22-15)9-14(13)20-17(21)10-24-12-4-1-3-11(19)7-12/h1,3-4,7-9H,2,5-6,10H2,(H,20,21). The van der Waals surface area contributed by atoms with E-state index in [4.69, 9.17) is 25.8 Å². The fourth-order valence-corrected chi connectivity index (χ4v) is 2.89. The minimum Gasteiger partial charge on any atom is -0.490 e. The molecular formula is C17H15ClINO4. The first-order chi connectivity index (χ1) is 11.6. The molecule has 0 aromatic heterocycles. The van der Waals surface area contributed by atoms with E-state index in [2.05, 4.69) is 27.9 Å². The van der Waals surface area contributed by atoms with Crippen molar-refractivity contribution in [1.29, 1.82) is 0 Å². The third-order valence-corrected chi connectivity index (χ3v) is 4.26. The second-order valence-corrected chi connectivity index (χ2v) is 6.78. The van der Waals surface area contributed by atoms with Gasteiger partial charge in [0.15, 0.2) is 18.1 Å². The average Bonchev–Trinajstić information content (AvgIpc) is 2.78. The van der Waals surface area contributed by atoms with E-state index in [0.29, 0.717) is 41.2 Å². The Labute approximate surface area is 158 Å². The Morgan fingerprint density at radius 1 is 1.21 bits per heavy atom. The molecule has 2 aromatic rings. The number of benzene rings is 2. The summed E-state index contributed by atoms with van der Waals surface area (Å²) in [4.78, 5) is 12.1. The van der Waals surface area contributed by atoms with Gasteiger partial charge >= 0.3 is 0 Å². The predicted octanol–water partition coefficient (Wildman–Crippen LogP) is 4.12. The van der Waals surface area contributed by atoms with Crippen LogP contribution in [0.15, 0.2) is 36.4 Å². The van der Waals surface area contributed by atoms with Crippen LogP contribution in [-0.2, 0) is 4.79 Å².